The predicted octanol–water partition coefficient (Wildman–Crippen LogP) is 1.28. The van der Waals surface area contributed by atoms with E-state index in [1.807, 2.05) is 6.20 Å². The van der Waals surface area contributed by atoms with Crippen molar-refractivity contribution in [3.05, 3.63) is 53.1 Å². The lowest BCUT2D eigenvalue weighted by Gasteiger charge is -2.39. The molecule has 0 spiro atoms. The van der Waals surface area contributed by atoms with Crippen LogP contribution in [-0.4, -0.2) is 61.0 Å². The number of amides is 1. The van der Waals surface area contributed by atoms with E-state index < -0.39 is 0 Å². The number of carbonyl (C=O) groups excluding carboxylic acids is 1. The molecule has 0 radical (unpaired) electrons. The summed E-state index contributed by atoms with van der Waals surface area (Å²) < 4.78 is 7.03. The second-order valence-electron chi connectivity index (χ2n) is 5.96. The number of ether oxygens (including phenoxy) is 1. The Balaban J connectivity index is 1.40. The van der Waals surface area contributed by atoms with Gasteiger partial charge in [0.1, 0.15) is 18.0 Å². The van der Waals surface area contributed by atoms with Gasteiger partial charge in [-0.3, -0.25) is 4.79 Å². The molecule has 0 saturated carbocycles. The lowest BCUT2D eigenvalue weighted by Crippen LogP contribution is -2.51. The van der Waals surface area contributed by atoms with Crippen molar-refractivity contribution in [2.24, 2.45) is 0 Å². The van der Waals surface area contributed by atoms with Crippen molar-refractivity contribution < 1.29 is 9.53 Å². The molecule has 4 rings (SSSR count). The summed E-state index contributed by atoms with van der Waals surface area (Å²) in [7, 11) is 1.53. The van der Waals surface area contributed by atoms with E-state index in [1.165, 1.54) is 11.9 Å². The molecule has 10 heteroatoms. The Morgan fingerprint density at radius 3 is 2.81 bits per heavy atom. The molecule has 1 aliphatic heterocycles. The highest BCUT2D eigenvalue weighted by molar-refractivity contribution is 6.31. The number of nitrogens with zero attached hydrogens (tertiary/aromatic N) is 7. The van der Waals surface area contributed by atoms with Crippen LogP contribution in [0.3, 0.4) is 0 Å². The SMILES string of the molecule is COc1ccc(Cl)cc1C(=O)N1CC(n2cc(Cn3nccn3)nn2)C1. The maximum Gasteiger partial charge on any atom is 0.257 e. The van der Waals surface area contributed by atoms with Crippen LogP contribution in [0.25, 0.3) is 0 Å². The Morgan fingerprint density at radius 2 is 2.08 bits per heavy atom. The summed E-state index contributed by atoms with van der Waals surface area (Å²) in [6.07, 6.45) is 5.09. The van der Waals surface area contributed by atoms with Crippen molar-refractivity contribution >= 4 is 17.5 Å². The van der Waals surface area contributed by atoms with Crippen LogP contribution in [0.1, 0.15) is 22.1 Å². The number of likely N-dealkylation sites (tertiary alicyclic amines) is 1. The molecular formula is C16H16ClN7O2. The Kier molecular flexibility index (Phi) is 4.29. The molecule has 1 fully saturated rings. The Hall–Kier alpha value is -2.94. The van der Waals surface area contributed by atoms with E-state index in [2.05, 4.69) is 20.5 Å². The molecule has 0 bridgehead atoms. The van der Waals surface area contributed by atoms with Crippen LogP contribution in [0.5, 0.6) is 5.75 Å². The molecule has 26 heavy (non-hydrogen) atoms. The number of hydrogen-bond donors (Lipinski definition) is 0. The Bertz CT molecular complexity index is 919. The van der Waals surface area contributed by atoms with Crippen molar-refractivity contribution in [2.45, 2.75) is 12.6 Å². The second kappa shape index (κ2) is 6.75. The minimum absolute atomic E-state index is 0.0935. The highest BCUT2D eigenvalue weighted by Gasteiger charge is 2.34. The first-order valence-electron chi connectivity index (χ1n) is 8.01. The maximum atomic E-state index is 12.7. The van der Waals surface area contributed by atoms with Gasteiger partial charge in [-0.2, -0.15) is 15.0 Å². The van der Waals surface area contributed by atoms with E-state index in [9.17, 15) is 4.79 Å². The summed E-state index contributed by atoms with van der Waals surface area (Å²) in [6, 6.07) is 5.11. The fourth-order valence-corrected chi connectivity index (χ4v) is 3.01. The second-order valence-corrected chi connectivity index (χ2v) is 6.39. The number of hydrogen-bond acceptors (Lipinski definition) is 6. The lowest BCUT2D eigenvalue weighted by atomic mass is 10.1. The molecule has 1 aliphatic rings. The average Bonchev–Trinajstić information content (AvgIpc) is 3.26. The van der Waals surface area contributed by atoms with Gasteiger partial charge in [-0.05, 0) is 18.2 Å². The van der Waals surface area contributed by atoms with Crippen molar-refractivity contribution in [2.75, 3.05) is 20.2 Å². The van der Waals surface area contributed by atoms with Crippen LogP contribution in [0.4, 0.5) is 0 Å². The molecule has 2 aromatic heterocycles. The van der Waals surface area contributed by atoms with Crippen molar-refractivity contribution in [1.82, 2.24) is 34.9 Å². The van der Waals surface area contributed by atoms with Gasteiger partial charge in [-0.15, -0.1) is 5.10 Å². The molecule has 0 N–H and O–H groups in total. The molecule has 1 amide bonds. The third-order valence-corrected chi connectivity index (χ3v) is 4.48. The number of methoxy groups -OCH3 is 1. The zero-order valence-corrected chi connectivity index (χ0v) is 14.7. The highest BCUT2D eigenvalue weighted by Crippen LogP contribution is 2.28. The summed E-state index contributed by atoms with van der Waals surface area (Å²) in [5, 5.41) is 16.9. The van der Waals surface area contributed by atoms with Gasteiger partial charge in [0, 0.05) is 18.1 Å². The number of halogens is 1. The first kappa shape index (κ1) is 16.5. The Morgan fingerprint density at radius 1 is 1.31 bits per heavy atom. The number of carbonyl (C=O) groups is 1. The normalized spacial score (nSPS) is 14.3. The van der Waals surface area contributed by atoms with Crippen LogP contribution in [-0.2, 0) is 6.54 Å². The highest BCUT2D eigenvalue weighted by atomic mass is 35.5. The summed E-state index contributed by atoms with van der Waals surface area (Å²) in [5.41, 5.74) is 1.23. The van der Waals surface area contributed by atoms with E-state index in [4.69, 9.17) is 16.3 Å². The zero-order chi connectivity index (χ0) is 18.1. The zero-order valence-electron chi connectivity index (χ0n) is 14.0. The van der Waals surface area contributed by atoms with Crippen LogP contribution in [0, 0.1) is 0 Å². The van der Waals surface area contributed by atoms with Crippen LogP contribution in [0.2, 0.25) is 5.02 Å². The van der Waals surface area contributed by atoms with Crippen molar-refractivity contribution in [3.8, 4) is 5.75 Å². The van der Waals surface area contributed by atoms with Gasteiger partial charge >= 0.3 is 0 Å². The molecule has 3 heterocycles. The molecule has 3 aromatic rings. The standard InChI is InChI=1S/C16H16ClN7O2/c1-26-15-3-2-11(17)6-14(15)16(25)22-9-13(10-22)23-7-12(20-21-23)8-24-18-4-5-19-24/h2-7,13H,8-10H2,1H3. The number of aromatic nitrogens is 6. The Labute approximate surface area is 154 Å². The van der Waals surface area contributed by atoms with Crippen molar-refractivity contribution in [3.63, 3.8) is 0 Å². The van der Waals surface area contributed by atoms with E-state index in [-0.39, 0.29) is 11.9 Å². The topological polar surface area (TPSA) is 91.0 Å². The number of rotatable bonds is 5. The summed E-state index contributed by atoms with van der Waals surface area (Å²) in [5.74, 6) is 0.402. The average molecular weight is 374 g/mol. The molecule has 0 aliphatic carbocycles. The van der Waals surface area contributed by atoms with E-state index in [1.54, 1.807) is 40.2 Å². The molecule has 9 nitrogen and oxygen atoms in total. The molecular weight excluding hydrogens is 358 g/mol. The van der Waals surface area contributed by atoms with Crippen LogP contribution >= 0.6 is 11.6 Å². The fourth-order valence-electron chi connectivity index (χ4n) is 2.84. The summed E-state index contributed by atoms with van der Waals surface area (Å²) >= 11 is 6.01. The van der Waals surface area contributed by atoms with Gasteiger partial charge < -0.3 is 9.64 Å². The summed E-state index contributed by atoms with van der Waals surface area (Å²) in [6.45, 7) is 1.57. The minimum Gasteiger partial charge on any atom is -0.496 e. The third-order valence-electron chi connectivity index (χ3n) is 4.24. The van der Waals surface area contributed by atoms with Gasteiger partial charge in [0.25, 0.3) is 5.91 Å². The van der Waals surface area contributed by atoms with Gasteiger partial charge in [-0.1, -0.05) is 16.8 Å². The van der Waals surface area contributed by atoms with Gasteiger partial charge in [0.15, 0.2) is 0 Å². The molecule has 1 saturated heterocycles. The first-order chi connectivity index (χ1) is 12.6. The molecule has 0 unspecified atom stereocenters. The smallest absolute Gasteiger partial charge is 0.257 e. The van der Waals surface area contributed by atoms with Crippen molar-refractivity contribution in [1.29, 1.82) is 0 Å². The third kappa shape index (κ3) is 3.13. The van der Waals surface area contributed by atoms with Gasteiger partial charge in [0.2, 0.25) is 0 Å². The first-order valence-corrected chi connectivity index (χ1v) is 8.39. The van der Waals surface area contributed by atoms with Crippen LogP contribution in [0.15, 0.2) is 36.8 Å². The largest absolute Gasteiger partial charge is 0.496 e. The lowest BCUT2D eigenvalue weighted by molar-refractivity contribution is 0.0495. The molecule has 1 aromatic carbocycles. The van der Waals surface area contributed by atoms with E-state index in [0.717, 1.165) is 5.69 Å². The van der Waals surface area contributed by atoms with E-state index >= 15 is 0 Å². The maximum absolute atomic E-state index is 12.7. The molecule has 0 atom stereocenters. The van der Waals surface area contributed by atoms with E-state index in [0.29, 0.717) is 36.0 Å². The minimum atomic E-state index is -0.110. The summed E-state index contributed by atoms with van der Waals surface area (Å²) in [4.78, 5) is 15.9. The van der Waals surface area contributed by atoms with Crippen LogP contribution < -0.4 is 4.74 Å². The monoisotopic (exact) mass is 373 g/mol. The van der Waals surface area contributed by atoms with Gasteiger partial charge in [-0.25, -0.2) is 4.68 Å². The fraction of sp³-hybridized carbons (Fsp3) is 0.312. The number of benzene rings is 1. The quantitative estimate of drug-likeness (QED) is 0.669. The molecule has 134 valence electrons. The van der Waals surface area contributed by atoms with Gasteiger partial charge in [0.05, 0.1) is 37.3 Å². The predicted molar refractivity (Wildman–Crippen MR) is 92.1 cm³/mol.